The summed E-state index contributed by atoms with van der Waals surface area (Å²) in [7, 11) is 0. The first-order valence-corrected chi connectivity index (χ1v) is 6.87. The minimum absolute atomic E-state index is 0.313. The minimum Gasteiger partial charge on any atom is -0.481 e. The fourth-order valence-electron chi connectivity index (χ4n) is 2.55. The number of nitrogens with zero attached hydrogens (tertiary/aromatic N) is 1. The van der Waals surface area contributed by atoms with E-state index in [1.54, 1.807) is 24.5 Å². The molecule has 1 saturated carbocycles. The van der Waals surface area contributed by atoms with Crippen LogP contribution >= 0.6 is 0 Å². The largest absolute Gasteiger partial charge is 0.481 e. The van der Waals surface area contributed by atoms with Gasteiger partial charge in [0.05, 0.1) is 17.8 Å². The molecular formula is C14H19N3O3. The molecular weight excluding hydrogens is 258 g/mol. The Morgan fingerprint density at radius 2 is 2.05 bits per heavy atom. The molecule has 0 aromatic carbocycles. The van der Waals surface area contributed by atoms with E-state index in [0.29, 0.717) is 18.5 Å². The van der Waals surface area contributed by atoms with Crippen LogP contribution in [0.15, 0.2) is 24.5 Å². The molecule has 108 valence electrons. The summed E-state index contributed by atoms with van der Waals surface area (Å²) in [4.78, 5) is 27.1. The van der Waals surface area contributed by atoms with Gasteiger partial charge in [0, 0.05) is 12.2 Å². The maximum Gasteiger partial charge on any atom is 0.319 e. The lowest BCUT2D eigenvalue weighted by atomic mass is 9.95. The van der Waals surface area contributed by atoms with Crippen LogP contribution in [0, 0.1) is 5.92 Å². The van der Waals surface area contributed by atoms with Crippen molar-refractivity contribution in [1.82, 2.24) is 10.3 Å². The fraction of sp³-hybridized carbons (Fsp3) is 0.500. The number of amides is 2. The van der Waals surface area contributed by atoms with E-state index in [1.165, 1.54) is 0 Å². The number of hydrogen-bond acceptors (Lipinski definition) is 3. The van der Waals surface area contributed by atoms with Gasteiger partial charge in [0.15, 0.2) is 0 Å². The number of carbonyl (C=O) groups is 2. The van der Waals surface area contributed by atoms with Crippen LogP contribution in [-0.2, 0) is 4.79 Å². The Balaban J connectivity index is 1.95. The predicted octanol–water partition coefficient (Wildman–Crippen LogP) is 2.24. The van der Waals surface area contributed by atoms with E-state index in [2.05, 4.69) is 15.6 Å². The van der Waals surface area contributed by atoms with Gasteiger partial charge in [-0.3, -0.25) is 9.78 Å². The summed E-state index contributed by atoms with van der Waals surface area (Å²) >= 11 is 0. The van der Waals surface area contributed by atoms with E-state index in [9.17, 15) is 14.7 Å². The van der Waals surface area contributed by atoms with E-state index in [0.717, 1.165) is 19.3 Å². The van der Waals surface area contributed by atoms with Crippen molar-refractivity contribution < 1.29 is 14.7 Å². The number of anilines is 1. The SMILES string of the molecule is O=C(Nc1cccnc1)NC1CCCCCC1C(=O)O. The van der Waals surface area contributed by atoms with Crippen LogP contribution in [0.3, 0.4) is 0 Å². The molecule has 0 spiro atoms. The van der Waals surface area contributed by atoms with Gasteiger partial charge >= 0.3 is 12.0 Å². The number of nitrogens with one attached hydrogen (secondary N) is 2. The quantitative estimate of drug-likeness (QED) is 0.739. The number of urea groups is 1. The zero-order valence-corrected chi connectivity index (χ0v) is 11.2. The fourth-order valence-corrected chi connectivity index (χ4v) is 2.55. The van der Waals surface area contributed by atoms with Crippen LogP contribution in [0.25, 0.3) is 0 Å². The highest BCUT2D eigenvalue weighted by Crippen LogP contribution is 2.23. The summed E-state index contributed by atoms with van der Waals surface area (Å²) in [5, 5.41) is 14.7. The normalized spacial score (nSPS) is 22.6. The highest BCUT2D eigenvalue weighted by Gasteiger charge is 2.30. The zero-order chi connectivity index (χ0) is 14.4. The van der Waals surface area contributed by atoms with Gasteiger partial charge in [0.2, 0.25) is 0 Å². The van der Waals surface area contributed by atoms with Crippen molar-refractivity contribution in [3.8, 4) is 0 Å². The number of hydrogen-bond donors (Lipinski definition) is 3. The molecule has 20 heavy (non-hydrogen) atoms. The first kappa shape index (κ1) is 14.3. The Kier molecular flexibility index (Phi) is 4.92. The van der Waals surface area contributed by atoms with Gasteiger partial charge < -0.3 is 15.7 Å². The molecule has 1 heterocycles. The third-order valence-corrected chi connectivity index (χ3v) is 3.57. The highest BCUT2D eigenvalue weighted by atomic mass is 16.4. The summed E-state index contributed by atoms with van der Waals surface area (Å²) < 4.78 is 0. The van der Waals surface area contributed by atoms with Crippen molar-refractivity contribution in [2.24, 2.45) is 5.92 Å². The summed E-state index contributed by atoms with van der Waals surface area (Å²) in [6.07, 6.45) is 7.36. The number of aromatic nitrogens is 1. The third kappa shape index (κ3) is 3.94. The average Bonchev–Trinajstić information content (AvgIpc) is 2.65. The minimum atomic E-state index is -0.835. The Morgan fingerprint density at radius 1 is 1.25 bits per heavy atom. The summed E-state index contributed by atoms with van der Waals surface area (Å²) in [6, 6.07) is 2.76. The lowest BCUT2D eigenvalue weighted by molar-refractivity contribution is -0.142. The van der Waals surface area contributed by atoms with Gasteiger partial charge in [0.25, 0.3) is 0 Å². The van der Waals surface area contributed by atoms with E-state index >= 15 is 0 Å². The molecule has 1 aliphatic carbocycles. The van der Waals surface area contributed by atoms with Gasteiger partial charge in [-0.1, -0.05) is 19.3 Å². The molecule has 1 aliphatic rings. The standard InChI is InChI=1S/C14H19N3O3/c18-13(19)11-6-2-1-3-7-12(11)17-14(20)16-10-5-4-8-15-9-10/h4-5,8-9,11-12H,1-3,6-7H2,(H,18,19)(H2,16,17,20). The number of rotatable bonds is 3. The third-order valence-electron chi connectivity index (χ3n) is 3.57. The lowest BCUT2D eigenvalue weighted by Gasteiger charge is -2.22. The van der Waals surface area contributed by atoms with Gasteiger partial charge in [-0.05, 0) is 25.0 Å². The van der Waals surface area contributed by atoms with Gasteiger partial charge in [-0.25, -0.2) is 4.79 Å². The smallest absolute Gasteiger partial charge is 0.319 e. The number of carboxylic acids is 1. The Bertz CT molecular complexity index is 464. The number of pyridine rings is 1. The van der Waals surface area contributed by atoms with Gasteiger partial charge in [-0.15, -0.1) is 0 Å². The van der Waals surface area contributed by atoms with Crippen LogP contribution in [0.4, 0.5) is 10.5 Å². The zero-order valence-electron chi connectivity index (χ0n) is 11.2. The topological polar surface area (TPSA) is 91.3 Å². The van der Waals surface area contributed by atoms with E-state index in [1.807, 2.05) is 0 Å². The highest BCUT2D eigenvalue weighted by molar-refractivity contribution is 5.89. The molecule has 2 atom stereocenters. The first-order chi connectivity index (χ1) is 9.66. The van der Waals surface area contributed by atoms with Crippen molar-refractivity contribution in [2.75, 3.05) is 5.32 Å². The summed E-state index contributed by atoms with van der Waals surface area (Å²) in [5.41, 5.74) is 0.588. The van der Waals surface area contributed by atoms with E-state index in [-0.39, 0.29) is 12.1 Å². The van der Waals surface area contributed by atoms with E-state index in [4.69, 9.17) is 0 Å². The van der Waals surface area contributed by atoms with Crippen molar-refractivity contribution in [2.45, 2.75) is 38.1 Å². The molecule has 6 nitrogen and oxygen atoms in total. The molecule has 2 amide bonds. The monoisotopic (exact) mass is 277 g/mol. The molecule has 0 radical (unpaired) electrons. The van der Waals surface area contributed by atoms with Crippen molar-refractivity contribution in [3.05, 3.63) is 24.5 Å². The second kappa shape index (κ2) is 6.88. The second-order valence-corrected chi connectivity index (χ2v) is 5.03. The Morgan fingerprint density at radius 3 is 2.75 bits per heavy atom. The number of carbonyl (C=O) groups excluding carboxylic acids is 1. The van der Waals surface area contributed by atoms with Crippen molar-refractivity contribution in [3.63, 3.8) is 0 Å². The molecule has 2 unspecified atom stereocenters. The maximum absolute atomic E-state index is 11.9. The number of aliphatic carboxylic acids is 1. The molecule has 0 saturated heterocycles. The Labute approximate surface area is 117 Å². The summed E-state index contributed by atoms with van der Waals surface area (Å²) in [6.45, 7) is 0. The molecule has 1 aromatic rings. The second-order valence-electron chi connectivity index (χ2n) is 5.03. The number of carboxylic acid groups (broad SMARTS) is 1. The first-order valence-electron chi connectivity index (χ1n) is 6.87. The van der Waals surface area contributed by atoms with Crippen LogP contribution in [0.1, 0.15) is 32.1 Å². The van der Waals surface area contributed by atoms with Gasteiger partial charge in [0.1, 0.15) is 0 Å². The predicted molar refractivity (Wildman–Crippen MR) is 74.4 cm³/mol. The lowest BCUT2D eigenvalue weighted by Crippen LogP contribution is -2.44. The van der Waals surface area contributed by atoms with Gasteiger partial charge in [-0.2, -0.15) is 0 Å². The van der Waals surface area contributed by atoms with Crippen LogP contribution in [-0.4, -0.2) is 28.1 Å². The van der Waals surface area contributed by atoms with E-state index < -0.39 is 11.9 Å². The molecule has 0 aliphatic heterocycles. The van der Waals surface area contributed by atoms with Crippen LogP contribution in [0.2, 0.25) is 0 Å². The molecule has 1 fully saturated rings. The molecule has 6 heteroatoms. The molecule has 3 N–H and O–H groups in total. The van der Waals surface area contributed by atoms with Crippen LogP contribution in [0.5, 0.6) is 0 Å². The molecule has 0 bridgehead atoms. The molecule has 1 aromatic heterocycles. The van der Waals surface area contributed by atoms with Crippen molar-refractivity contribution in [1.29, 1.82) is 0 Å². The Hall–Kier alpha value is -2.11. The maximum atomic E-state index is 11.9. The summed E-state index contributed by atoms with van der Waals surface area (Å²) in [5.74, 6) is -1.34. The average molecular weight is 277 g/mol. The van der Waals surface area contributed by atoms with Crippen LogP contribution < -0.4 is 10.6 Å². The molecule has 2 rings (SSSR count). The van der Waals surface area contributed by atoms with Crippen molar-refractivity contribution >= 4 is 17.7 Å².